The highest BCUT2D eigenvalue weighted by atomic mass is 32.1. The monoisotopic (exact) mass is 422 g/mol. The maximum absolute atomic E-state index is 14.0. The molecular weight excluding hydrogens is 403 g/mol. The Hall–Kier alpha value is -3.52. The first-order valence-corrected chi connectivity index (χ1v) is 9.69. The maximum atomic E-state index is 14.0. The summed E-state index contributed by atoms with van der Waals surface area (Å²) in [6.45, 7) is 1.86. The van der Waals surface area contributed by atoms with Crippen molar-refractivity contribution >= 4 is 29.8 Å². The molecule has 1 atom stereocenters. The van der Waals surface area contributed by atoms with Gasteiger partial charge in [-0.1, -0.05) is 42.5 Å². The molecule has 0 spiro atoms. The molecule has 1 aromatic heterocycles. The zero-order valence-corrected chi connectivity index (χ0v) is 16.9. The van der Waals surface area contributed by atoms with Gasteiger partial charge in [0.1, 0.15) is 24.1 Å². The normalized spacial score (nSPS) is 15.3. The number of esters is 1. The number of nitrogens with two attached hydrogens (primary N) is 1. The van der Waals surface area contributed by atoms with Crippen molar-refractivity contribution in [1.82, 2.24) is 9.97 Å². The minimum atomic E-state index is -0.667. The number of anilines is 2. The second-order valence-electron chi connectivity index (χ2n) is 6.93. The Bertz CT molecular complexity index is 1210. The van der Waals surface area contributed by atoms with E-state index in [4.69, 9.17) is 22.7 Å². The molecule has 3 aromatic rings. The Kier molecular flexibility index (Phi) is 5.33. The lowest BCUT2D eigenvalue weighted by Gasteiger charge is -2.30. The molecule has 152 valence electrons. The molecule has 4 N–H and O–H groups in total. The number of carbonyl (C=O) groups is 1. The predicted molar refractivity (Wildman–Crippen MR) is 115 cm³/mol. The Labute approximate surface area is 177 Å². The summed E-state index contributed by atoms with van der Waals surface area (Å²) in [5.74, 6) is -0.918. The van der Waals surface area contributed by atoms with Crippen LogP contribution in [0.1, 0.15) is 29.5 Å². The molecule has 1 aliphatic rings. The highest BCUT2D eigenvalue weighted by Crippen LogP contribution is 2.43. The third-order valence-corrected chi connectivity index (χ3v) is 5.10. The van der Waals surface area contributed by atoms with Gasteiger partial charge in [-0.3, -0.25) is 0 Å². The van der Waals surface area contributed by atoms with Crippen molar-refractivity contribution in [3.05, 3.63) is 93.1 Å². The van der Waals surface area contributed by atoms with Gasteiger partial charge in [0.15, 0.2) is 4.77 Å². The number of hydrogen-bond donors (Lipinski definition) is 3. The molecule has 0 radical (unpaired) electrons. The zero-order chi connectivity index (χ0) is 21.3. The van der Waals surface area contributed by atoms with Crippen LogP contribution in [-0.2, 0) is 16.1 Å². The van der Waals surface area contributed by atoms with Gasteiger partial charge in [-0.15, -0.1) is 0 Å². The third-order valence-electron chi connectivity index (χ3n) is 4.90. The van der Waals surface area contributed by atoms with Crippen molar-refractivity contribution in [1.29, 1.82) is 0 Å². The van der Waals surface area contributed by atoms with E-state index >= 15 is 0 Å². The summed E-state index contributed by atoms with van der Waals surface area (Å²) in [4.78, 5) is 20.2. The average Bonchev–Trinajstić information content (AvgIpc) is 2.71. The van der Waals surface area contributed by atoms with Crippen LogP contribution in [0.2, 0.25) is 0 Å². The van der Waals surface area contributed by atoms with Gasteiger partial charge in [0.05, 0.1) is 11.5 Å². The lowest BCUT2D eigenvalue weighted by molar-refractivity contribution is -0.140. The van der Waals surface area contributed by atoms with E-state index in [2.05, 4.69) is 15.3 Å². The lowest BCUT2D eigenvalue weighted by Crippen LogP contribution is -2.26. The van der Waals surface area contributed by atoms with Crippen LogP contribution >= 0.6 is 12.2 Å². The fraction of sp³-hybridized carbons (Fsp3) is 0.136. The number of hydrogen-bond acceptors (Lipinski definition) is 6. The van der Waals surface area contributed by atoms with Crippen LogP contribution in [0.15, 0.2) is 65.9 Å². The SMILES string of the molecule is CC1=C(C(=O)OCc2ccccc2)C(c2cccc(F)c2)c2c(nc(=S)[nH]c2N)N1. The molecule has 1 unspecified atom stereocenters. The van der Waals surface area contributed by atoms with E-state index in [1.165, 1.54) is 12.1 Å². The van der Waals surface area contributed by atoms with Gasteiger partial charge in [-0.2, -0.15) is 0 Å². The Morgan fingerprint density at radius 1 is 1.23 bits per heavy atom. The second kappa shape index (κ2) is 8.08. The Morgan fingerprint density at radius 3 is 2.73 bits per heavy atom. The van der Waals surface area contributed by atoms with Gasteiger partial charge < -0.3 is 20.8 Å². The van der Waals surface area contributed by atoms with E-state index in [-0.39, 0.29) is 17.2 Å². The molecule has 0 bridgehead atoms. The molecule has 0 fully saturated rings. The number of rotatable bonds is 4. The number of nitrogens with one attached hydrogen (secondary N) is 2. The van der Waals surface area contributed by atoms with Crippen molar-refractivity contribution in [3.63, 3.8) is 0 Å². The van der Waals surface area contributed by atoms with Crippen molar-refractivity contribution in [3.8, 4) is 0 Å². The Morgan fingerprint density at radius 2 is 2.00 bits per heavy atom. The molecule has 4 rings (SSSR count). The maximum Gasteiger partial charge on any atom is 0.337 e. The largest absolute Gasteiger partial charge is 0.457 e. The number of allylic oxidation sites excluding steroid dienone is 1. The first-order chi connectivity index (χ1) is 14.4. The van der Waals surface area contributed by atoms with Gasteiger partial charge in [-0.25, -0.2) is 14.2 Å². The van der Waals surface area contributed by atoms with E-state index in [1.54, 1.807) is 19.1 Å². The minimum Gasteiger partial charge on any atom is -0.457 e. The van der Waals surface area contributed by atoms with Gasteiger partial charge in [0, 0.05) is 11.3 Å². The standard InChI is InChI=1S/C22H19FN4O2S/c1-12-16(21(28)29-11-13-6-3-2-4-7-13)17(14-8-5-9-15(23)10-14)18-19(24)26-22(30)27-20(18)25-12/h2-10,17H,11H2,1H3,(H4,24,25,26,27,30). The average molecular weight is 422 g/mol. The van der Waals surface area contributed by atoms with Crippen molar-refractivity contribution < 1.29 is 13.9 Å². The first kappa shape index (κ1) is 19.8. The van der Waals surface area contributed by atoms with Crippen LogP contribution in [0.25, 0.3) is 0 Å². The molecule has 6 nitrogen and oxygen atoms in total. The summed E-state index contributed by atoms with van der Waals surface area (Å²) >= 11 is 5.12. The molecule has 8 heteroatoms. The highest BCUT2D eigenvalue weighted by Gasteiger charge is 2.36. The van der Waals surface area contributed by atoms with E-state index in [0.717, 1.165) is 5.56 Å². The third kappa shape index (κ3) is 3.81. The summed E-state index contributed by atoms with van der Waals surface area (Å²) in [5, 5.41) is 3.09. The van der Waals surface area contributed by atoms with Crippen LogP contribution in [0.5, 0.6) is 0 Å². The van der Waals surface area contributed by atoms with Gasteiger partial charge in [0.2, 0.25) is 0 Å². The number of H-pyrrole nitrogens is 1. The minimum absolute atomic E-state index is 0.115. The van der Waals surface area contributed by atoms with E-state index in [9.17, 15) is 9.18 Å². The molecule has 0 amide bonds. The van der Waals surface area contributed by atoms with Gasteiger partial charge in [0.25, 0.3) is 0 Å². The van der Waals surface area contributed by atoms with Crippen molar-refractivity contribution in [2.75, 3.05) is 11.1 Å². The molecule has 2 heterocycles. The summed E-state index contributed by atoms with van der Waals surface area (Å²) in [7, 11) is 0. The number of ether oxygens (including phenoxy) is 1. The molecule has 2 aromatic carbocycles. The predicted octanol–water partition coefficient (Wildman–Crippen LogP) is 4.44. The summed E-state index contributed by atoms with van der Waals surface area (Å²) in [6, 6.07) is 15.4. The van der Waals surface area contributed by atoms with Gasteiger partial charge >= 0.3 is 5.97 Å². The fourth-order valence-electron chi connectivity index (χ4n) is 3.58. The molecule has 0 saturated carbocycles. The number of aromatic nitrogens is 2. The Balaban J connectivity index is 1.79. The van der Waals surface area contributed by atoms with Crippen LogP contribution < -0.4 is 11.1 Å². The van der Waals surface area contributed by atoms with Crippen molar-refractivity contribution in [2.45, 2.75) is 19.4 Å². The molecule has 30 heavy (non-hydrogen) atoms. The lowest BCUT2D eigenvalue weighted by atomic mass is 9.82. The summed E-state index contributed by atoms with van der Waals surface area (Å²) < 4.78 is 19.8. The number of carbonyl (C=O) groups excluding carboxylic acids is 1. The van der Waals surface area contributed by atoms with Crippen LogP contribution in [0.4, 0.5) is 16.0 Å². The summed E-state index contributed by atoms with van der Waals surface area (Å²) in [5.41, 5.74) is 9.03. The van der Waals surface area contributed by atoms with Crippen LogP contribution in [-0.4, -0.2) is 15.9 Å². The van der Waals surface area contributed by atoms with Crippen LogP contribution in [0, 0.1) is 10.6 Å². The zero-order valence-electron chi connectivity index (χ0n) is 16.1. The number of benzene rings is 2. The molecule has 0 saturated heterocycles. The topological polar surface area (TPSA) is 93.0 Å². The quantitative estimate of drug-likeness (QED) is 0.425. The van der Waals surface area contributed by atoms with Gasteiger partial charge in [-0.05, 0) is 42.4 Å². The smallest absolute Gasteiger partial charge is 0.337 e. The number of halogens is 1. The van der Waals surface area contributed by atoms with E-state index in [0.29, 0.717) is 28.2 Å². The molecular formula is C22H19FN4O2S. The second-order valence-corrected chi connectivity index (χ2v) is 7.32. The number of nitrogens with zero attached hydrogens (tertiary/aromatic N) is 1. The number of aromatic amines is 1. The van der Waals surface area contributed by atoms with Crippen LogP contribution in [0.3, 0.4) is 0 Å². The van der Waals surface area contributed by atoms with Crippen molar-refractivity contribution in [2.24, 2.45) is 0 Å². The number of fused-ring (bicyclic) bond motifs is 1. The molecule has 1 aliphatic heterocycles. The van der Waals surface area contributed by atoms with E-state index in [1.807, 2.05) is 30.3 Å². The first-order valence-electron chi connectivity index (χ1n) is 9.28. The highest BCUT2D eigenvalue weighted by molar-refractivity contribution is 7.71. The van der Waals surface area contributed by atoms with E-state index < -0.39 is 17.7 Å². The summed E-state index contributed by atoms with van der Waals surface area (Å²) in [6.07, 6.45) is 0. The fourth-order valence-corrected chi connectivity index (χ4v) is 3.79. The molecule has 0 aliphatic carbocycles. The number of nitrogen functional groups attached to an aromatic ring is 1.